The summed E-state index contributed by atoms with van der Waals surface area (Å²) in [6.45, 7) is 0. The van der Waals surface area contributed by atoms with E-state index in [-0.39, 0.29) is 9.48 Å². The van der Waals surface area contributed by atoms with Gasteiger partial charge in [0.05, 0.1) is 23.5 Å². The summed E-state index contributed by atoms with van der Waals surface area (Å²) in [5.41, 5.74) is 1.04. The number of nitrogens with one attached hydrogen (secondary N) is 1. The number of hydrogen-bond donors (Lipinski definition) is 1. The number of esters is 1. The number of ether oxygens (including phenoxy) is 1. The predicted molar refractivity (Wildman–Crippen MR) is 75.5 cm³/mol. The molecule has 88 valence electrons. The Balaban J connectivity index is 3.23. The normalized spacial score (nSPS) is 9.06. The third-order valence-electron chi connectivity index (χ3n) is 1.81. The van der Waals surface area contributed by atoms with E-state index in [4.69, 9.17) is 0 Å². The fourth-order valence-corrected chi connectivity index (χ4v) is 1.56. The Morgan fingerprint density at radius 2 is 2.24 bits per heavy atom. The maximum atomic E-state index is 11.5. The van der Waals surface area contributed by atoms with Crippen LogP contribution in [0.15, 0.2) is 23.2 Å². The fraction of sp³-hybridized carbons (Fsp3) is 0.100. The number of carbonyl (C=O) groups excluding carboxylic acids is 2. The molecule has 0 aliphatic carbocycles. The van der Waals surface area contributed by atoms with Crippen LogP contribution in [0.1, 0.15) is 10.4 Å². The second kappa shape index (κ2) is 6.43. The fourth-order valence-electron chi connectivity index (χ4n) is 1.15. The molecule has 17 heavy (non-hydrogen) atoms. The van der Waals surface area contributed by atoms with Gasteiger partial charge in [0.1, 0.15) is 0 Å². The predicted octanol–water partition coefficient (Wildman–Crippen LogP) is 3.17. The molecule has 0 saturated carbocycles. The number of halogens is 1. The van der Waals surface area contributed by atoms with Crippen LogP contribution in [0.4, 0.5) is 16.2 Å². The maximum absolute atomic E-state index is 11.5. The van der Waals surface area contributed by atoms with Crippen molar-refractivity contribution in [1.82, 2.24) is 0 Å². The lowest BCUT2D eigenvalue weighted by Gasteiger charge is -2.06. The zero-order valence-corrected chi connectivity index (χ0v) is 11.7. The van der Waals surface area contributed by atoms with Crippen LogP contribution >= 0.6 is 34.8 Å². The van der Waals surface area contributed by atoms with Gasteiger partial charge in [0.2, 0.25) is 0 Å². The van der Waals surface area contributed by atoms with Crippen molar-refractivity contribution in [3.05, 3.63) is 23.8 Å². The molecule has 7 heteroatoms. The van der Waals surface area contributed by atoms with E-state index in [9.17, 15) is 9.59 Å². The summed E-state index contributed by atoms with van der Waals surface area (Å²) in [5.74, 6) is -0.557. The highest BCUT2D eigenvalue weighted by molar-refractivity contribution is 14.1. The van der Waals surface area contributed by atoms with Crippen LogP contribution in [0.25, 0.3) is 0 Å². The highest BCUT2D eigenvalue weighted by Crippen LogP contribution is 2.24. The molecule has 1 amide bonds. The van der Waals surface area contributed by atoms with E-state index >= 15 is 0 Å². The van der Waals surface area contributed by atoms with Crippen molar-refractivity contribution in [3.63, 3.8) is 0 Å². The van der Waals surface area contributed by atoms with Gasteiger partial charge in [-0.1, -0.05) is 0 Å². The summed E-state index contributed by atoms with van der Waals surface area (Å²) >= 11 is 6.07. The SMILES string of the molecule is COC(=O)c1cc(NC(=O)I)ccc1N=C=S. The van der Waals surface area contributed by atoms with Gasteiger partial charge in [0.15, 0.2) is 0 Å². The van der Waals surface area contributed by atoms with Crippen LogP contribution in [0.5, 0.6) is 0 Å². The first-order valence-corrected chi connectivity index (χ1v) is 5.84. The van der Waals surface area contributed by atoms with Crippen LogP contribution in [0.3, 0.4) is 0 Å². The number of amides is 1. The van der Waals surface area contributed by atoms with Gasteiger partial charge in [-0.05, 0) is 30.4 Å². The first-order chi connectivity index (χ1) is 8.08. The minimum absolute atomic E-state index is 0.215. The first kappa shape index (κ1) is 13.8. The van der Waals surface area contributed by atoms with Gasteiger partial charge in [-0.25, -0.2) is 4.79 Å². The molecular formula is C10H7IN2O3S. The van der Waals surface area contributed by atoms with Crippen molar-refractivity contribution >= 4 is 61.2 Å². The van der Waals surface area contributed by atoms with E-state index < -0.39 is 5.97 Å². The summed E-state index contributed by atoms with van der Waals surface area (Å²) < 4.78 is 4.35. The van der Waals surface area contributed by atoms with E-state index in [1.807, 2.05) is 0 Å². The second-order valence-electron chi connectivity index (χ2n) is 2.83. The van der Waals surface area contributed by atoms with Crippen molar-refractivity contribution < 1.29 is 14.3 Å². The minimum atomic E-state index is -0.557. The Bertz CT molecular complexity index is 512. The molecule has 0 saturated heterocycles. The number of aliphatic imine (C=N–C) groups is 1. The second-order valence-corrected chi connectivity index (χ2v) is 3.99. The van der Waals surface area contributed by atoms with Crippen molar-refractivity contribution in [3.8, 4) is 0 Å². The van der Waals surface area contributed by atoms with Gasteiger partial charge in [-0.3, -0.25) is 4.79 Å². The Hall–Kier alpha value is -1.31. The summed E-state index contributed by atoms with van der Waals surface area (Å²) in [4.78, 5) is 26.1. The molecule has 0 aliphatic rings. The van der Waals surface area contributed by atoms with Crippen molar-refractivity contribution in [2.75, 3.05) is 12.4 Å². The van der Waals surface area contributed by atoms with Gasteiger partial charge >= 0.3 is 5.97 Å². The molecular weight excluding hydrogens is 355 g/mol. The minimum Gasteiger partial charge on any atom is -0.465 e. The number of hydrogen-bond acceptors (Lipinski definition) is 5. The van der Waals surface area contributed by atoms with Crippen molar-refractivity contribution in [2.45, 2.75) is 0 Å². The van der Waals surface area contributed by atoms with Crippen LogP contribution < -0.4 is 5.32 Å². The van der Waals surface area contributed by atoms with E-state index in [2.05, 4.69) is 32.4 Å². The average Bonchev–Trinajstić information content (AvgIpc) is 2.29. The Morgan fingerprint density at radius 1 is 1.53 bits per heavy atom. The van der Waals surface area contributed by atoms with E-state index in [1.54, 1.807) is 34.7 Å². The first-order valence-electron chi connectivity index (χ1n) is 4.35. The van der Waals surface area contributed by atoms with Crippen LogP contribution in [-0.2, 0) is 4.74 Å². The summed E-state index contributed by atoms with van der Waals surface area (Å²) in [6.07, 6.45) is 0. The van der Waals surface area contributed by atoms with Gasteiger partial charge in [-0.2, -0.15) is 4.99 Å². The molecule has 1 aromatic rings. The average molecular weight is 362 g/mol. The summed E-state index contributed by atoms with van der Waals surface area (Å²) in [5, 5.41) is 4.72. The number of carbonyl (C=O) groups is 2. The number of methoxy groups -OCH3 is 1. The molecule has 1 aromatic carbocycles. The topological polar surface area (TPSA) is 67.8 Å². The number of thiocarbonyl (C=S) groups is 1. The van der Waals surface area contributed by atoms with Crippen LogP contribution in [-0.4, -0.2) is 22.2 Å². The Kier molecular flexibility index (Phi) is 5.20. The highest BCUT2D eigenvalue weighted by Gasteiger charge is 2.12. The van der Waals surface area contributed by atoms with Gasteiger partial charge in [-0.15, -0.1) is 0 Å². The zero-order valence-electron chi connectivity index (χ0n) is 8.69. The molecule has 0 aliphatic heterocycles. The third kappa shape index (κ3) is 3.88. The van der Waals surface area contributed by atoms with Crippen LogP contribution in [0.2, 0.25) is 0 Å². The Labute approximate surface area is 116 Å². The quantitative estimate of drug-likeness (QED) is 0.224. The molecule has 0 atom stereocenters. The Morgan fingerprint density at radius 3 is 2.76 bits per heavy atom. The molecule has 0 fully saturated rings. The number of isothiocyanates is 1. The zero-order chi connectivity index (χ0) is 12.8. The molecule has 0 radical (unpaired) electrons. The molecule has 0 unspecified atom stereocenters. The molecule has 0 bridgehead atoms. The molecule has 5 nitrogen and oxygen atoms in total. The maximum Gasteiger partial charge on any atom is 0.340 e. The van der Waals surface area contributed by atoms with Crippen LogP contribution in [0, 0.1) is 0 Å². The van der Waals surface area contributed by atoms with E-state index in [0.29, 0.717) is 11.4 Å². The lowest BCUT2D eigenvalue weighted by atomic mass is 10.1. The number of anilines is 1. The summed E-state index contributed by atoms with van der Waals surface area (Å²) in [6, 6.07) is 4.62. The monoisotopic (exact) mass is 362 g/mol. The van der Waals surface area contributed by atoms with Crippen molar-refractivity contribution in [1.29, 1.82) is 0 Å². The number of nitrogens with zero attached hydrogens (tertiary/aromatic N) is 1. The number of benzene rings is 1. The van der Waals surface area contributed by atoms with Crippen molar-refractivity contribution in [2.24, 2.45) is 4.99 Å². The standard InChI is InChI=1S/C10H7IN2O3S/c1-16-9(14)7-4-6(13-10(11)15)2-3-8(7)12-5-17/h2-4H,1H3,(H,13,15). The van der Waals surface area contributed by atoms with E-state index in [0.717, 1.165) is 0 Å². The smallest absolute Gasteiger partial charge is 0.340 e. The highest BCUT2D eigenvalue weighted by atomic mass is 127. The molecule has 0 heterocycles. The van der Waals surface area contributed by atoms with Gasteiger partial charge < -0.3 is 10.1 Å². The van der Waals surface area contributed by atoms with Gasteiger partial charge in [0.25, 0.3) is 3.91 Å². The summed E-state index contributed by atoms with van der Waals surface area (Å²) in [7, 11) is 1.26. The molecule has 1 rings (SSSR count). The lowest BCUT2D eigenvalue weighted by molar-refractivity contribution is 0.0602. The molecule has 0 aromatic heterocycles. The number of rotatable bonds is 3. The molecule has 0 spiro atoms. The van der Waals surface area contributed by atoms with E-state index in [1.165, 1.54) is 13.2 Å². The molecule has 1 N–H and O–H groups in total. The van der Waals surface area contributed by atoms with Gasteiger partial charge in [0, 0.05) is 28.3 Å². The third-order valence-corrected chi connectivity index (χ3v) is 2.17. The lowest BCUT2D eigenvalue weighted by Crippen LogP contribution is -2.05. The largest absolute Gasteiger partial charge is 0.465 e.